The average Bonchev–Trinajstić information content (AvgIpc) is 2.96. The lowest BCUT2D eigenvalue weighted by Gasteiger charge is -2.28. The Balaban J connectivity index is 1.88. The molecule has 1 heterocycles. The quantitative estimate of drug-likeness (QED) is 0.943. The van der Waals surface area contributed by atoms with Crippen molar-refractivity contribution in [2.45, 2.75) is 37.6 Å². The van der Waals surface area contributed by atoms with Crippen molar-refractivity contribution in [3.8, 4) is 11.4 Å². The van der Waals surface area contributed by atoms with Crippen LogP contribution in [0, 0.1) is 11.6 Å². The number of hydrogen-bond donors (Lipinski definition) is 1. The zero-order valence-corrected chi connectivity index (χ0v) is 11.8. The van der Waals surface area contributed by atoms with Gasteiger partial charge in [-0.3, -0.25) is 0 Å². The van der Waals surface area contributed by atoms with Crippen LogP contribution in [-0.4, -0.2) is 23.2 Å². The van der Waals surface area contributed by atoms with Crippen LogP contribution in [0.2, 0.25) is 0 Å². The second-order valence-corrected chi connectivity index (χ2v) is 5.40. The molecule has 1 aliphatic carbocycles. The normalized spacial score (nSPS) is 22.4. The van der Waals surface area contributed by atoms with Crippen molar-refractivity contribution in [1.82, 2.24) is 15.5 Å². The molecule has 1 aromatic carbocycles. The van der Waals surface area contributed by atoms with Crippen LogP contribution in [-0.2, 0) is 0 Å². The zero-order chi connectivity index (χ0) is 14.8. The first-order chi connectivity index (χ1) is 10.2. The summed E-state index contributed by atoms with van der Waals surface area (Å²) in [6.07, 6.45) is 4.34. The van der Waals surface area contributed by atoms with Gasteiger partial charge in [0.25, 0.3) is 0 Å². The number of likely N-dealkylation sites (N-methyl/N-ethyl adjacent to an activating group) is 1. The van der Waals surface area contributed by atoms with Gasteiger partial charge in [-0.05, 0) is 32.0 Å². The molecule has 4 nitrogen and oxygen atoms in total. The summed E-state index contributed by atoms with van der Waals surface area (Å²) in [5.74, 6) is -0.384. The van der Waals surface area contributed by atoms with E-state index in [0.717, 1.165) is 25.3 Å². The molecule has 2 unspecified atom stereocenters. The number of nitrogens with one attached hydrogen (secondary N) is 1. The van der Waals surface area contributed by atoms with Crippen LogP contribution in [0.15, 0.2) is 22.7 Å². The van der Waals surface area contributed by atoms with Crippen LogP contribution in [0.25, 0.3) is 11.4 Å². The smallest absolute Gasteiger partial charge is 0.231 e. The molecule has 1 fully saturated rings. The maximum absolute atomic E-state index is 13.3. The second kappa shape index (κ2) is 5.89. The van der Waals surface area contributed by atoms with Gasteiger partial charge in [0.1, 0.15) is 11.6 Å². The fraction of sp³-hybridized carbons (Fsp3) is 0.467. The molecule has 1 aromatic heterocycles. The summed E-state index contributed by atoms with van der Waals surface area (Å²) in [6, 6.07) is 3.53. The Kier molecular flexibility index (Phi) is 3.96. The molecular formula is C15H17F2N3O. The summed E-state index contributed by atoms with van der Waals surface area (Å²) in [4.78, 5) is 4.33. The first-order valence-electron chi connectivity index (χ1n) is 7.14. The Bertz CT molecular complexity index is 609. The molecule has 0 aliphatic heterocycles. The Morgan fingerprint density at radius 2 is 1.86 bits per heavy atom. The van der Waals surface area contributed by atoms with Gasteiger partial charge in [0, 0.05) is 17.7 Å². The Morgan fingerprint density at radius 3 is 2.57 bits per heavy atom. The third-order valence-corrected chi connectivity index (χ3v) is 4.02. The molecule has 21 heavy (non-hydrogen) atoms. The summed E-state index contributed by atoms with van der Waals surface area (Å²) in [5, 5.41) is 7.14. The molecule has 2 atom stereocenters. The fourth-order valence-electron chi connectivity index (χ4n) is 2.96. The van der Waals surface area contributed by atoms with E-state index in [1.807, 2.05) is 7.05 Å². The molecule has 0 saturated heterocycles. The van der Waals surface area contributed by atoms with Crippen LogP contribution in [0.3, 0.4) is 0 Å². The van der Waals surface area contributed by atoms with E-state index in [1.54, 1.807) is 0 Å². The average molecular weight is 293 g/mol. The number of aromatic nitrogens is 2. The SMILES string of the molecule is CNC1CCCCC1c1nc(-c2cc(F)cc(F)c2)no1. The summed E-state index contributed by atoms with van der Waals surface area (Å²) in [5.41, 5.74) is 0.291. The number of rotatable bonds is 3. The minimum absolute atomic E-state index is 0.156. The van der Waals surface area contributed by atoms with E-state index >= 15 is 0 Å². The molecule has 0 spiro atoms. The molecule has 6 heteroatoms. The van der Waals surface area contributed by atoms with Crippen molar-refractivity contribution >= 4 is 0 Å². The Hall–Kier alpha value is -1.82. The molecule has 1 saturated carbocycles. The molecule has 0 bridgehead atoms. The summed E-state index contributed by atoms with van der Waals surface area (Å²) < 4.78 is 31.8. The van der Waals surface area contributed by atoms with E-state index in [9.17, 15) is 8.78 Å². The van der Waals surface area contributed by atoms with Crippen LogP contribution in [0.5, 0.6) is 0 Å². The van der Waals surface area contributed by atoms with Crippen LogP contribution in [0.1, 0.15) is 37.5 Å². The highest BCUT2D eigenvalue weighted by Crippen LogP contribution is 2.33. The van der Waals surface area contributed by atoms with Crippen LogP contribution < -0.4 is 5.32 Å². The topological polar surface area (TPSA) is 51.0 Å². The molecule has 1 aliphatic rings. The van der Waals surface area contributed by atoms with Crippen LogP contribution in [0.4, 0.5) is 8.78 Å². The lowest BCUT2D eigenvalue weighted by molar-refractivity contribution is 0.270. The van der Waals surface area contributed by atoms with Crippen molar-refractivity contribution in [2.75, 3.05) is 7.05 Å². The molecular weight excluding hydrogens is 276 g/mol. The van der Waals surface area contributed by atoms with Gasteiger partial charge in [0.05, 0.1) is 5.92 Å². The molecule has 1 N–H and O–H groups in total. The van der Waals surface area contributed by atoms with Crippen molar-refractivity contribution < 1.29 is 13.3 Å². The minimum atomic E-state index is -0.651. The van der Waals surface area contributed by atoms with Gasteiger partial charge >= 0.3 is 0 Å². The van der Waals surface area contributed by atoms with Gasteiger partial charge in [-0.1, -0.05) is 18.0 Å². The summed E-state index contributed by atoms with van der Waals surface area (Å²) >= 11 is 0. The summed E-state index contributed by atoms with van der Waals surface area (Å²) in [7, 11) is 1.92. The van der Waals surface area contributed by atoms with Gasteiger partial charge in [-0.25, -0.2) is 8.78 Å². The third kappa shape index (κ3) is 2.95. The Morgan fingerprint density at radius 1 is 1.14 bits per heavy atom. The van der Waals surface area contributed by atoms with Gasteiger partial charge in [-0.15, -0.1) is 0 Å². The molecule has 3 rings (SSSR count). The molecule has 0 amide bonds. The van der Waals surface area contributed by atoms with Crippen molar-refractivity contribution in [3.63, 3.8) is 0 Å². The molecule has 0 radical (unpaired) electrons. The van der Waals surface area contributed by atoms with E-state index in [-0.39, 0.29) is 11.7 Å². The van der Waals surface area contributed by atoms with Gasteiger partial charge in [-0.2, -0.15) is 4.98 Å². The largest absolute Gasteiger partial charge is 0.339 e. The van der Waals surface area contributed by atoms with Gasteiger partial charge in [0.15, 0.2) is 0 Å². The van der Waals surface area contributed by atoms with Crippen molar-refractivity contribution in [3.05, 3.63) is 35.7 Å². The van der Waals surface area contributed by atoms with Crippen molar-refractivity contribution in [1.29, 1.82) is 0 Å². The molecule has 112 valence electrons. The predicted molar refractivity (Wildman–Crippen MR) is 73.7 cm³/mol. The third-order valence-electron chi connectivity index (χ3n) is 4.02. The maximum atomic E-state index is 13.3. The molecule has 2 aromatic rings. The number of halogens is 2. The first kappa shape index (κ1) is 14.1. The predicted octanol–water partition coefficient (Wildman–Crippen LogP) is 3.26. The zero-order valence-electron chi connectivity index (χ0n) is 11.8. The second-order valence-electron chi connectivity index (χ2n) is 5.40. The summed E-state index contributed by atoms with van der Waals surface area (Å²) in [6.45, 7) is 0. The van der Waals surface area contributed by atoms with Gasteiger partial charge in [0.2, 0.25) is 11.7 Å². The van der Waals surface area contributed by atoms with E-state index in [0.29, 0.717) is 17.5 Å². The van der Waals surface area contributed by atoms with E-state index in [4.69, 9.17) is 4.52 Å². The van der Waals surface area contributed by atoms with E-state index in [1.165, 1.54) is 18.6 Å². The van der Waals surface area contributed by atoms with E-state index < -0.39 is 11.6 Å². The standard InChI is InChI=1S/C15H17F2N3O/c1-18-13-5-3-2-4-12(13)15-19-14(20-21-15)9-6-10(16)8-11(17)7-9/h6-8,12-13,18H,2-5H2,1H3. The number of benzene rings is 1. The number of nitrogens with zero attached hydrogens (tertiary/aromatic N) is 2. The van der Waals surface area contributed by atoms with E-state index in [2.05, 4.69) is 15.5 Å². The number of hydrogen-bond acceptors (Lipinski definition) is 4. The van der Waals surface area contributed by atoms with Crippen LogP contribution >= 0.6 is 0 Å². The highest BCUT2D eigenvalue weighted by atomic mass is 19.1. The Labute approximate surface area is 121 Å². The highest BCUT2D eigenvalue weighted by Gasteiger charge is 2.30. The fourth-order valence-corrected chi connectivity index (χ4v) is 2.96. The highest BCUT2D eigenvalue weighted by molar-refractivity contribution is 5.54. The monoisotopic (exact) mass is 293 g/mol. The lowest BCUT2D eigenvalue weighted by atomic mass is 9.84. The lowest BCUT2D eigenvalue weighted by Crippen LogP contribution is -2.34. The maximum Gasteiger partial charge on any atom is 0.231 e. The minimum Gasteiger partial charge on any atom is -0.339 e. The first-order valence-corrected chi connectivity index (χ1v) is 7.14. The van der Waals surface area contributed by atoms with Crippen molar-refractivity contribution in [2.24, 2.45) is 0 Å². The van der Waals surface area contributed by atoms with Gasteiger partial charge < -0.3 is 9.84 Å².